The van der Waals surface area contributed by atoms with Gasteiger partial charge in [0.25, 0.3) is 0 Å². The summed E-state index contributed by atoms with van der Waals surface area (Å²) >= 11 is 0. The van der Waals surface area contributed by atoms with Crippen LogP contribution in [0.25, 0.3) is 11.3 Å². The molecular formula is C35H49N4O7P. The summed E-state index contributed by atoms with van der Waals surface area (Å²) in [7, 11) is -0.287. The number of methoxy groups -OCH3 is 1. The third-order valence-corrected chi connectivity index (χ3v) is 8.43. The van der Waals surface area contributed by atoms with E-state index < -0.39 is 25.7 Å². The average molecular weight is 669 g/mol. The van der Waals surface area contributed by atoms with Gasteiger partial charge in [0.1, 0.15) is 17.2 Å². The molecule has 11 nitrogen and oxygen atoms in total. The lowest BCUT2D eigenvalue weighted by Gasteiger charge is -2.25. The zero-order valence-corrected chi connectivity index (χ0v) is 29.3. The third-order valence-electron chi connectivity index (χ3n) is 6.64. The van der Waals surface area contributed by atoms with Gasteiger partial charge >= 0.3 is 12.1 Å². The van der Waals surface area contributed by atoms with Crippen LogP contribution in [-0.4, -0.2) is 66.9 Å². The Bertz CT molecular complexity index is 1360. The van der Waals surface area contributed by atoms with Crippen molar-refractivity contribution < 1.29 is 32.8 Å². The van der Waals surface area contributed by atoms with E-state index in [1.807, 2.05) is 89.2 Å². The Morgan fingerprint density at radius 3 is 2.23 bits per heavy atom. The summed E-state index contributed by atoms with van der Waals surface area (Å²) in [5.74, 6) is -0.145. The lowest BCUT2D eigenvalue weighted by Crippen LogP contribution is -2.32. The fraction of sp³-hybridized carbons (Fsp3) is 0.486. The maximum absolute atomic E-state index is 12.8. The zero-order valence-electron chi connectivity index (χ0n) is 28.4. The van der Waals surface area contributed by atoms with Crippen molar-refractivity contribution in [3.8, 4) is 17.0 Å². The van der Waals surface area contributed by atoms with E-state index in [-0.39, 0.29) is 6.09 Å². The van der Waals surface area contributed by atoms with Crippen LogP contribution >= 0.6 is 8.38 Å². The molecule has 12 heteroatoms. The molecule has 256 valence electrons. The number of benzene rings is 2. The average Bonchev–Trinajstić information content (AvgIpc) is 3.05. The number of ether oxygens (including phenoxy) is 3. The summed E-state index contributed by atoms with van der Waals surface area (Å²) in [6, 6.07) is 17.7. The fourth-order valence-corrected chi connectivity index (χ4v) is 5.86. The van der Waals surface area contributed by atoms with Crippen LogP contribution in [0.4, 0.5) is 10.6 Å². The largest absolute Gasteiger partial charge is 0.494 e. The van der Waals surface area contributed by atoms with E-state index in [1.165, 1.54) is 7.11 Å². The smallest absolute Gasteiger partial charge is 0.407 e. The first kappa shape index (κ1) is 37.7. The Kier molecular flexibility index (Phi) is 15.8. The number of nitrogens with one attached hydrogen (secondary N) is 2. The van der Waals surface area contributed by atoms with Gasteiger partial charge < -0.3 is 33.9 Å². The molecular weight excluding hydrogens is 619 g/mol. The molecule has 0 saturated carbocycles. The van der Waals surface area contributed by atoms with Gasteiger partial charge in [-0.1, -0.05) is 43.2 Å². The summed E-state index contributed by atoms with van der Waals surface area (Å²) in [4.78, 5) is 34.2. The number of amides is 1. The molecule has 1 unspecified atom stereocenters. The first-order valence-corrected chi connectivity index (χ1v) is 17.4. The van der Waals surface area contributed by atoms with Crippen molar-refractivity contribution in [2.24, 2.45) is 0 Å². The second kappa shape index (κ2) is 19.8. The molecule has 0 bridgehead atoms. The minimum atomic E-state index is -1.62. The first-order chi connectivity index (χ1) is 22.6. The molecule has 2 aromatic carbocycles. The molecule has 0 saturated heterocycles. The normalized spacial score (nSPS) is 12.0. The van der Waals surface area contributed by atoms with Gasteiger partial charge in [-0.25, -0.2) is 19.6 Å². The number of esters is 1. The minimum Gasteiger partial charge on any atom is -0.494 e. The van der Waals surface area contributed by atoms with Crippen LogP contribution in [0, 0.1) is 0 Å². The monoisotopic (exact) mass is 668 g/mol. The van der Waals surface area contributed by atoms with Crippen LogP contribution in [0.3, 0.4) is 0 Å². The molecule has 1 aromatic heterocycles. The predicted octanol–water partition coefficient (Wildman–Crippen LogP) is 7.49. The lowest BCUT2D eigenvalue weighted by atomic mass is 10.1. The Morgan fingerprint density at radius 1 is 0.915 bits per heavy atom. The van der Waals surface area contributed by atoms with Crippen LogP contribution in [0.5, 0.6) is 5.75 Å². The summed E-state index contributed by atoms with van der Waals surface area (Å²) in [6.07, 6.45) is 5.60. The van der Waals surface area contributed by atoms with E-state index >= 15 is 0 Å². The highest BCUT2D eigenvalue weighted by atomic mass is 31.2. The Balaban J connectivity index is 1.63. The lowest BCUT2D eigenvalue weighted by molar-refractivity contribution is -0.139. The zero-order chi connectivity index (χ0) is 34.1. The standard InChI is InChI=1S/C35H49N4O7P/c1-7-44-47(45-8-2)32(33(40)42-6)39-31-29(24-26-16-12-11-13-17-26)38-30(25-37-31)27-18-20-28(21-19-27)43-23-15-10-9-14-22-36-34(41)46-35(3,4)5/h11-13,16-21,25,32H,7-10,14-15,22-24H2,1-6H3,(H,36,41)(H,37,39). The molecule has 0 radical (unpaired) electrons. The Morgan fingerprint density at radius 2 is 1.60 bits per heavy atom. The van der Waals surface area contributed by atoms with Gasteiger partial charge in [-0.15, -0.1) is 0 Å². The molecule has 0 aliphatic carbocycles. The van der Waals surface area contributed by atoms with Crippen LogP contribution in [-0.2, 0) is 29.7 Å². The van der Waals surface area contributed by atoms with Crippen molar-refractivity contribution in [1.82, 2.24) is 15.3 Å². The highest BCUT2D eigenvalue weighted by Gasteiger charge is 2.33. The number of nitrogens with zero attached hydrogens (tertiary/aromatic N) is 2. The first-order valence-electron chi connectivity index (χ1n) is 16.1. The second-order valence-electron chi connectivity index (χ2n) is 11.6. The quantitative estimate of drug-likeness (QED) is 0.0753. The van der Waals surface area contributed by atoms with Crippen LogP contribution in [0.15, 0.2) is 60.8 Å². The molecule has 2 N–H and O–H groups in total. The molecule has 1 heterocycles. The molecule has 0 aliphatic rings. The van der Waals surface area contributed by atoms with E-state index in [2.05, 4.69) is 10.6 Å². The van der Waals surface area contributed by atoms with Crippen molar-refractivity contribution in [1.29, 1.82) is 0 Å². The maximum Gasteiger partial charge on any atom is 0.407 e. The molecule has 3 rings (SSSR count). The second-order valence-corrected chi connectivity index (χ2v) is 13.2. The molecule has 3 aromatic rings. The number of anilines is 1. The molecule has 47 heavy (non-hydrogen) atoms. The number of alkyl carbamates (subject to hydrolysis) is 1. The van der Waals surface area contributed by atoms with E-state index in [9.17, 15) is 9.59 Å². The molecule has 0 aliphatic heterocycles. The van der Waals surface area contributed by atoms with Gasteiger partial charge in [-0.2, -0.15) is 0 Å². The van der Waals surface area contributed by atoms with E-state index in [0.717, 1.165) is 42.6 Å². The van der Waals surface area contributed by atoms with Crippen molar-refractivity contribution in [2.45, 2.75) is 78.1 Å². The summed E-state index contributed by atoms with van der Waals surface area (Å²) in [6.45, 7) is 11.2. The fourth-order valence-electron chi connectivity index (χ4n) is 4.48. The van der Waals surface area contributed by atoms with Gasteiger partial charge in [0.15, 0.2) is 5.78 Å². The van der Waals surface area contributed by atoms with Crippen molar-refractivity contribution >= 4 is 26.3 Å². The maximum atomic E-state index is 12.8. The number of carbonyl (C=O) groups excluding carboxylic acids is 2. The van der Waals surface area contributed by atoms with Gasteiger partial charge in [-0.3, -0.25) is 0 Å². The summed E-state index contributed by atoms with van der Waals surface area (Å²) in [5.41, 5.74) is 2.82. The van der Waals surface area contributed by atoms with Gasteiger partial charge in [0, 0.05) is 18.5 Å². The summed E-state index contributed by atoms with van der Waals surface area (Å²) in [5, 5.41) is 6.01. The molecule has 0 fully saturated rings. The molecule has 1 atom stereocenters. The predicted molar refractivity (Wildman–Crippen MR) is 185 cm³/mol. The number of carbonyl (C=O) groups is 2. The van der Waals surface area contributed by atoms with E-state index in [1.54, 1.807) is 6.20 Å². The highest BCUT2D eigenvalue weighted by Crippen LogP contribution is 2.44. The van der Waals surface area contributed by atoms with Crippen molar-refractivity contribution in [3.63, 3.8) is 0 Å². The Hall–Kier alpha value is -3.79. The third kappa shape index (κ3) is 13.5. The van der Waals surface area contributed by atoms with E-state index in [4.69, 9.17) is 33.2 Å². The molecule has 0 spiro atoms. The van der Waals surface area contributed by atoms with Gasteiger partial charge in [0.2, 0.25) is 8.38 Å². The van der Waals surface area contributed by atoms with Crippen LogP contribution in [0.2, 0.25) is 0 Å². The number of aromatic nitrogens is 2. The van der Waals surface area contributed by atoms with Gasteiger partial charge in [-0.05, 0) is 77.3 Å². The topological polar surface area (TPSA) is 130 Å². The number of hydrogen-bond donors (Lipinski definition) is 2. The summed E-state index contributed by atoms with van der Waals surface area (Å²) < 4.78 is 27.8. The van der Waals surface area contributed by atoms with E-state index in [0.29, 0.717) is 50.0 Å². The molecule has 1 amide bonds. The SMILES string of the molecule is CCOP(OCC)C(Nc1ncc(-c2ccc(OCCCCCCNC(=O)OC(C)(C)C)cc2)nc1Cc1ccccc1)C(=O)OC. The van der Waals surface area contributed by atoms with Crippen LogP contribution in [0.1, 0.15) is 71.6 Å². The number of hydrogen-bond acceptors (Lipinski definition) is 10. The number of rotatable bonds is 19. The van der Waals surface area contributed by atoms with Crippen molar-refractivity contribution in [2.75, 3.05) is 38.8 Å². The van der Waals surface area contributed by atoms with Crippen molar-refractivity contribution in [3.05, 3.63) is 72.1 Å². The Labute approximate surface area is 280 Å². The van der Waals surface area contributed by atoms with Crippen LogP contribution < -0.4 is 15.4 Å². The minimum absolute atomic E-state index is 0.378. The highest BCUT2D eigenvalue weighted by molar-refractivity contribution is 7.49. The number of unbranched alkanes of at least 4 members (excludes halogenated alkanes) is 3. The van der Waals surface area contributed by atoms with Gasteiger partial charge in [0.05, 0.1) is 44.5 Å².